The van der Waals surface area contributed by atoms with Gasteiger partial charge in [0.1, 0.15) is 0 Å². The Bertz CT molecular complexity index is 748. The molecule has 0 spiro atoms. The SMILES string of the molecule is CS(=O)(=O)N1CCCC(C(=O)N2CCN(Cc3ccccc3Cl)CC2)C1. The topological polar surface area (TPSA) is 60.9 Å². The third-order valence-corrected chi connectivity index (χ3v) is 6.88. The molecule has 8 heteroatoms. The van der Waals surface area contributed by atoms with Gasteiger partial charge in [-0.1, -0.05) is 29.8 Å². The largest absolute Gasteiger partial charge is 0.340 e. The molecular formula is C18H26ClN3O3S. The second kappa shape index (κ2) is 8.25. The van der Waals surface area contributed by atoms with Crippen LogP contribution in [0.4, 0.5) is 0 Å². The van der Waals surface area contributed by atoms with Crippen LogP contribution in [0.5, 0.6) is 0 Å². The van der Waals surface area contributed by atoms with Gasteiger partial charge in [-0.25, -0.2) is 12.7 Å². The average molecular weight is 400 g/mol. The van der Waals surface area contributed by atoms with E-state index in [0.717, 1.165) is 43.1 Å². The average Bonchev–Trinajstić information content (AvgIpc) is 2.63. The van der Waals surface area contributed by atoms with E-state index in [2.05, 4.69) is 4.90 Å². The number of sulfonamides is 1. The van der Waals surface area contributed by atoms with Crippen LogP contribution in [-0.2, 0) is 21.4 Å². The first-order valence-corrected chi connectivity index (χ1v) is 11.3. The van der Waals surface area contributed by atoms with Gasteiger partial charge in [0.2, 0.25) is 15.9 Å². The first kappa shape index (κ1) is 19.6. The summed E-state index contributed by atoms with van der Waals surface area (Å²) in [5.41, 5.74) is 1.10. The number of hydrogen-bond acceptors (Lipinski definition) is 4. The van der Waals surface area contributed by atoms with Gasteiger partial charge in [-0.05, 0) is 24.5 Å². The molecule has 0 bridgehead atoms. The standard InChI is InChI=1S/C18H26ClN3O3S/c1-26(24,25)22-8-4-6-16(14-22)18(23)21-11-9-20(10-12-21)13-15-5-2-3-7-17(15)19/h2-3,5,7,16H,4,6,8-14H2,1H3. The van der Waals surface area contributed by atoms with E-state index in [0.29, 0.717) is 26.2 Å². The molecule has 6 nitrogen and oxygen atoms in total. The molecule has 0 saturated carbocycles. The van der Waals surface area contributed by atoms with E-state index in [4.69, 9.17) is 11.6 Å². The highest BCUT2D eigenvalue weighted by Crippen LogP contribution is 2.22. The van der Waals surface area contributed by atoms with Crippen LogP contribution in [0.3, 0.4) is 0 Å². The Morgan fingerprint density at radius 2 is 1.85 bits per heavy atom. The number of hydrogen-bond donors (Lipinski definition) is 0. The van der Waals surface area contributed by atoms with Gasteiger partial charge in [-0.3, -0.25) is 9.69 Å². The zero-order chi connectivity index (χ0) is 18.7. The van der Waals surface area contributed by atoms with Crippen LogP contribution in [0.2, 0.25) is 5.02 Å². The molecule has 2 saturated heterocycles. The van der Waals surface area contributed by atoms with Crippen LogP contribution >= 0.6 is 11.6 Å². The van der Waals surface area contributed by atoms with Crippen molar-refractivity contribution >= 4 is 27.5 Å². The van der Waals surface area contributed by atoms with Gasteiger partial charge in [0.15, 0.2) is 0 Å². The van der Waals surface area contributed by atoms with Crippen LogP contribution in [-0.4, -0.2) is 74.0 Å². The Morgan fingerprint density at radius 1 is 1.15 bits per heavy atom. The molecule has 1 aromatic carbocycles. The molecule has 144 valence electrons. The van der Waals surface area contributed by atoms with Crippen molar-refractivity contribution in [3.05, 3.63) is 34.9 Å². The minimum Gasteiger partial charge on any atom is -0.340 e. The number of benzene rings is 1. The van der Waals surface area contributed by atoms with Gasteiger partial charge in [0.05, 0.1) is 12.2 Å². The Hall–Kier alpha value is -1.15. The Kier molecular flexibility index (Phi) is 6.22. The van der Waals surface area contributed by atoms with Crippen molar-refractivity contribution in [3.8, 4) is 0 Å². The monoisotopic (exact) mass is 399 g/mol. The number of nitrogens with zero attached hydrogens (tertiary/aromatic N) is 3. The Labute approximate surface area is 160 Å². The zero-order valence-electron chi connectivity index (χ0n) is 15.1. The summed E-state index contributed by atoms with van der Waals surface area (Å²) in [6.07, 6.45) is 2.73. The third kappa shape index (κ3) is 4.76. The van der Waals surface area contributed by atoms with E-state index in [1.165, 1.54) is 10.6 Å². The molecule has 0 N–H and O–H groups in total. The fraction of sp³-hybridized carbons (Fsp3) is 0.611. The third-order valence-electron chi connectivity index (χ3n) is 5.24. The lowest BCUT2D eigenvalue weighted by atomic mass is 9.97. The van der Waals surface area contributed by atoms with Crippen LogP contribution < -0.4 is 0 Å². The highest BCUT2D eigenvalue weighted by Gasteiger charge is 2.33. The van der Waals surface area contributed by atoms with Crippen molar-refractivity contribution in [1.82, 2.24) is 14.1 Å². The number of carbonyl (C=O) groups is 1. The Balaban J connectivity index is 1.53. The summed E-state index contributed by atoms with van der Waals surface area (Å²) >= 11 is 6.23. The van der Waals surface area contributed by atoms with E-state index in [1.54, 1.807) is 0 Å². The summed E-state index contributed by atoms with van der Waals surface area (Å²) in [6.45, 7) is 4.59. The van der Waals surface area contributed by atoms with E-state index in [-0.39, 0.29) is 11.8 Å². The van der Waals surface area contributed by atoms with Crippen molar-refractivity contribution in [2.75, 3.05) is 45.5 Å². The molecular weight excluding hydrogens is 374 g/mol. The quantitative estimate of drug-likeness (QED) is 0.772. The molecule has 26 heavy (non-hydrogen) atoms. The minimum absolute atomic E-state index is 0.0933. The lowest BCUT2D eigenvalue weighted by Crippen LogP contribution is -2.52. The van der Waals surface area contributed by atoms with E-state index >= 15 is 0 Å². The maximum Gasteiger partial charge on any atom is 0.227 e. The summed E-state index contributed by atoms with van der Waals surface area (Å²) in [4.78, 5) is 17.0. The van der Waals surface area contributed by atoms with Crippen molar-refractivity contribution in [2.45, 2.75) is 19.4 Å². The first-order chi connectivity index (χ1) is 12.3. The molecule has 1 amide bonds. The number of piperidine rings is 1. The summed E-state index contributed by atoms with van der Waals surface area (Å²) in [5.74, 6) is -0.121. The van der Waals surface area contributed by atoms with Gasteiger partial charge in [0.25, 0.3) is 0 Å². The van der Waals surface area contributed by atoms with E-state index < -0.39 is 10.0 Å². The van der Waals surface area contributed by atoms with Crippen molar-refractivity contribution in [1.29, 1.82) is 0 Å². The highest BCUT2D eigenvalue weighted by molar-refractivity contribution is 7.88. The van der Waals surface area contributed by atoms with Crippen molar-refractivity contribution < 1.29 is 13.2 Å². The van der Waals surface area contributed by atoms with Gasteiger partial charge in [-0.15, -0.1) is 0 Å². The molecule has 0 radical (unpaired) electrons. The maximum atomic E-state index is 12.8. The summed E-state index contributed by atoms with van der Waals surface area (Å²) in [5, 5.41) is 0.772. The van der Waals surface area contributed by atoms with Crippen LogP contribution in [0.15, 0.2) is 24.3 Å². The van der Waals surface area contributed by atoms with Crippen LogP contribution in [0, 0.1) is 5.92 Å². The normalized spacial score (nSPS) is 23.2. The lowest BCUT2D eigenvalue weighted by molar-refractivity contribution is -0.138. The number of amides is 1. The maximum absolute atomic E-state index is 12.8. The molecule has 0 aromatic heterocycles. The van der Waals surface area contributed by atoms with Gasteiger partial charge >= 0.3 is 0 Å². The Morgan fingerprint density at radius 3 is 2.50 bits per heavy atom. The summed E-state index contributed by atoms with van der Waals surface area (Å²) in [6, 6.07) is 7.83. The fourth-order valence-electron chi connectivity index (χ4n) is 3.70. The molecule has 2 fully saturated rings. The highest BCUT2D eigenvalue weighted by atomic mass is 35.5. The minimum atomic E-state index is -3.23. The van der Waals surface area contributed by atoms with E-state index in [9.17, 15) is 13.2 Å². The first-order valence-electron chi connectivity index (χ1n) is 9.04. The molecule has 0 aliphatic carbocycles. The van der Waals surface area contributed by atoms with Crippen molar-refractivity contribution in [2.24, 2.45) is 5.92 Å². The summed E-state index contributed by atoms with van der Waals surface area (Å²) < 4.78 is 25.0. The molecule has 1 atom stereocenters. The number of halogens is 1. The smallest absolute Gasteiger partial charge is 0.227 e. The van der Waals surface area contributed by atoms with Gasteiger partial charge in [-0.2, -0.15) is 0 Å². The molecule has 1 aromatic rings. The second-order valence-electron chi connectivity index (χ2n) is 7.15. The molecule has 2 aliphatic rings. The van der Waals surface area contributed by atoms with Gasteiger partial charge in [0, 0.05) is 50.8 Å². The zero-order valence-corrected chi connectivity index (χ0v) is 16.7. The summed E-state index contributed by atoms with van der Waals surface area (Å²) in [7, 11) is -3.23. The van der Waals surface area contributed by atoms with E-state index in [1.807, 2.05) is 29.2 Å². The molecule has 2 heterocycles. The number of rotatable bonds is 4. The fourth-order valence-corrected chi connectivity index (χ4v) is 4.80. The number of carbonyl (C=O) groups excluding carboxylic acids is 1. The van der Waals surface area contributed by atoms with Crippen molar-refractivity contribution in [3.63, 3.8) is 0 Å². The van der Waals surface area contributed by atoms with Crippen LogP contribution in [0.1, 0.15) is 18.4 Å². The molecule has 2 aliphatic heterocycles. The molecule has 3 rings (SSSR count). The lowest BCUT2D eigenvalue weighted by Gasteiger charge is -2.38. The second-order valence-corrected chi connectivity index (χ2v) is 9.54. The van der Waals surface area contributed by atoms with Crippen LogP contribution in [0.25, 0.3) is 0 Å². The van der Waals surface area contributed by atoms with Gasteiger partial charge < -0.3 is 4.90 Å². The number of piperazine rings is 1. The predicted octanol–water partition coefficient (Wildman–Crippen LogP) is 1.66. The molecule has 1 unspecified atom stereocenters. The predicted molar refractivity (Wildman–Crippen MR) is 102 cm³/mol.